The van der Waals surface area contributed by atoms with Gasteiger partial charge in [-0.15, -0.1) is 0 Å². The van der Waals surface area contributed by atoms with Crippen LogP contribution in [0.2, 0.25) is 0 Å². The summed E-state index contributed by atoms with van der Waals surface area (Å²) in [5, 5.41) is 11.8. The largest absolute Gasteiger partial charge is 0.452 e. The van der Waals surface area contributed by atoms with Crippen LogP contribution in [0, 0.1) is 18.3 Å². The number of ether oxygens (including phenoxy) is 1. The van der Waals surface area contributed by atoms with Gasteiger partial charge < -0.3 is 10.1 Å². The number of amides is 1. The number of para-hydroxylation sites is 1. The Morgan fingerprint density at radius 1 is 1.16 bits per heavy atom. The van der Waals surface area contributed by atoms with Crippen LogP contribution < -0.4 is 5.32 Å². The summed E-state index contributed by atoms with van der Waals surface area (Å²) >= 11 is 0. The number of nitrogens with one attached hydrogen (secondary N) is 1. The maximum absolute atomic E-state index is 13.1. The molecule has 0 saturated carbocycles. The molecule has 0 saturated heterocycles. The first-order valence-electron chi connectivity index (χ1n) is 10.6. The summed E-state index contributed by atoms with van der Waals surface area (Å²) < 4.78 is 5.34. The van der Waals surface area contributed by atoms with Crippen molar-refractivity contribution >= 4 is 34.4 Å². The molecule has 0 bridgehead atoms. The van der Waals surface area contributed by atoms with E-state index in [1.807, 2.05) is 30.3 Å². The van der Waals surface area contributed by atoms with Crippen molar-refractivity contribution in [2.45, 2.75) is 26.2 Å². The summed E-state index contributed by atoms with van der Waals surface area (Å²) in [4.78, 5) is 29.8. The molecule has 0 atom stereocenters. The van der Waals surface area contributed by atoms with Gasteiger partial charge in [-0.1, -0.05) is 48.0 Å². The van der Waals surface area contributed by atoms with Crippen molar-refractivity contribution < 1.29 is 14.3 Å². The number of rotatable bonds is 6. The summed E-state index contributed by atoms with van der Waals surface area (Å²) in [5.74, 6) is -0.963. The zero-order valence-electron chi connectivity index (χ0n) is 17.9. The van der Waals surface area contributed by atoms with E-state index >= 15 is 0 Å². The molecular formula is C26H23N3O3. The predicted molar refractivity (Wildman–Crippen MR) is 123 cm³/mol. The summed E-state index contributed by atoms with van der Waals surface area (Å²) in [5.41, 5.74) is 6.23. The summed E-state index contributed by atoms with van der Waals surface area (Å²) in [6.45, 7) is 1.90. The van der Waals surface area contributed by atoms with Crippen LogP contribution in [0.3, 0.4) is 0 Å². The first kappa shape index (κ1) is 21.3. The van der Waals surface area contributed by atoms with Crippen LogP contribution in [0.15, 0.2) is 48.5 Å². The Morgan fingerprint density at radius 3 is 2.72 bits per heavy atom. The number of aromatic nitrogens is 1. The molecule has 0 fully saturated rings. The third kappa shape index (κ3) is 4.52. The molecule has 0 radical (unpaired) electrons. The molecule has 1 aliphatic rings. The van der Waals surface area contributed by atoms with Gasteiger partial charge >= 0.3 is 5.97 Å². The smallest absolute Gasteiger partial charge is 0.339 e. The van der Waals surface area contributed by atoms with Crippen LogP contribution >= 0.6 is 0 Å². The maximum atomic E-state index is 13.1. The van der Waals surface area contributed by atoms with Crippen molar-refractivity contribution in [3.05, 3.63) is 76.5 Å². The summed E-state index contributed by atoms with van der Waals surface area (Å²) in [6, 6.07) is 17.7. The fourth-order valence-corrected chi connectivity index (χ4v) is 3.89. The molecule has 160 valence electrons. The number of pyridine rings is 1. The topological polar surface area (TPSA) is 92.1 Å². The number of fused-ring (bicyclic) bond motifs is 2. The van der Waals surface area contributed by atoms with Gasteiger partial charge in [0.1, 0.15) is 0 Å². The van der Waals surface area contributed by atoms with E-state index in [2.05, 4.69) is 42.6 Å². The van der Waals surface area contributed by atoms with Gasteiger partial charge in [0.25, 0.3) is 5.91 Å². The van der Waals surface area contributed by atoms with Crippen LogP contribution in [-0.2, 0) is 16.0 Å². The minimum atomic E-state index is -0.535. The number of aryl methyl sites for hydroxylation is 1. The molecule has 1 amide bonds. The second-order valence-electron chi connectivity index (χ2n) is 7.75. The van der Waals surface area contributed by atoms with E-state index < -0.39 is 11.9 Å². The minimum absolute atomic E-state index is 0.207. The van der Waals surface area contributed by atoms with E-state index in [-0.39, 0.29) is 19.6 Å². The Bertz CT molecular complexity index is 1250. The van der Waals surface area contributed by atoms with Gasteiger partial charge in [-0.3, -0.25) is 4.79 Å². The summed E-state index contributed by atoms with van der Waals surface area (Å²) in [7, 11) is 0. The fraction of sp³-hybridized carbons (Fsp3) is 0.231. The lowest BCUT2D eigenvalue weighted by molar-refractivity contribution is -0.124. The molecule has 4 rings (SSSR count). The molecule has 32 heavy (non-hydrogen) atoms. The molecule has 1 aliphatic carbocycles. The predicted octanol–water partition coefficient (Wildman–Crippen LogP) is 4.22. The normalized spacial score (nSPS) is 13.6. The second-order valence-corrected chi connectivity index (χ2v) is 7.75. The number of esters is 1. The molecule has 1 N–H and O–H groups in total. The van der Waals surface area contributed by atoms with E-state index in [9.17, 15) is 9.59 Å². The number of hydrogen-bond donors (Lipinski definition) is 1. The average Bonchev–Trinajstić information content (AvgIpc) is 3.19. The zero-order chi connectivity index (χ0) is 22.5. The number of nitrogens with zero attached hydrogens (tertiary/aromatic N) is 2. The van der Waals surface area contributed by atoms with Gasteiger partial charge in [0.2, 0.25) is 0 Å². The molecule has 0 spiro atoms. The van der Waals surface area contributed by atoms with Crippen LogP contribution in [0.25, 0.3) is 22.6 Å². The maximum Gasteiger partial charge on any atom is 0.339 e. The molecular weight excluding hydrogens is 402 g/mol. The highest BCUT2D eigenvalue weighted by Crippen LogP contribution is 2.37. The van der Waals surface area contributed by atoms with Gasteiger partial charge in [-0.25, -0.2) is 9.78 Å². The van der Waals surface area contributed by atoms with E-state index in [0.717, 1.165) is 34.2 Å². The monoisotopic (exact) mass is 425 g/mol. The summed E-state index contributed by atoms with van der Waals surface area (Å²) in [6.07, 6.45) is 3.79. The average molecular weight is 425 g/mol. The van der Waals surface area contributed by atoms with E-state index in [1.54, 1.807) is 0 Å². The Labute approximate surface area is 186 Å². The highest BCUT2D eigenvalue weighted by molar-refractivity contribution is 6.07. The van der Waals surface area contributed by atoms with Gasteiger partial charge in [-0.05, 0) is 48.6 Å². The van der Waals surface area contributed by atoms with Gasteiger partial charge in [0.15, 0.2) is 6.61 Å². The minimum Gasteiger partial charge on any atom is -0.452 e. The molecule has 6 nitrogen and oxygen atoms in total. The van der Waals surface area contributed by atoms with Crippen molar-refractivity contribution in [1.82, 2.24) is 10.3 Å². The fourth-order valence-electron chi connectivity index (χ4n) is 3.89. The van der Waals surface area contributed by atoms with Crippen LogP contribution in [-0.4, -0.2) is 30.0 Å². The van der Waals surface area contributed by atoms with Crippen molar-refractivity contribution in [1.29, 1.82) is 5.26 Å². The van der Waals surface area contributed by atoms with Crippen molar-refractivity contribution in [2.24, 2.45) is 0 Å². The highest BCUT2D eigenvalue weighted by Gasteiger charge is 2.27. The van der Waals surface area contributed by atoms with Crippen molar-refractivity contribution in [3.63, 3.8) is 0 Å². The Hall–Kier alpha value is -3.98. The lowest BCUT2D eigenvalue weighted by Crippen LogP contribution is -2.29. The van der Waals surface area contributed by atoms with E-state index in [4.69, 9.17) is 15.0 Å². The first-order chi connectivity index (χ1) is 15.6. The number of carbonyl (C=O) groups excluding carboxylic acids is 2. The zero-order valence-corrected chi connectivity index (χ0v) is 17.9. The standard InChI is InChI=1S/C26H23N3O3/c1-17-7-9-18(10-8-17)15-19-11-12-21-24(20-5-2-3-6-22(20)29-25(19)21)26(31)32-16-23(30)28-14-4-13-27/h2-3,5-10,15H,4,11-12,14,16H2,1H3,(H,28,30)/b19-15+. The molecule has 1 aromatic heterocycles. The highest BCUT2D eigenvalue weighted by atomic mass is 16.5. The molecule has 3 aromatic rings. The van der Waals surface area contributed by atoms with Gasteiger partial charge in [0.05, 0.1) is 29.3 Å². The number of allylic oxidation sites excluding steroid dienone is 1. The molecule has 6 heteroatoms. The van der Waals surface area contributed by atoms with Crippen LogP contribution in [0.5, 0.6) is 0 Å². The number of carbonyl (C=O) groups is 2. The quantitative estimate of drug-likeness (QED) is 0.472. The molecule has 2 aromatic carbocycles. The molecule has 0 unspecified atom stereocenters. The first-order valence-corrected chi connectivity index (χ1v) is 10.6. The Kier molecular flexibility index (Phi) is 6.27. The molecule has 1 heterocycles. The van der Waals surface area contributed by atoms with E-state index in [1.165, 1.54) is 5.56 Å². The lowest BCUT2D eigenvalue weighted by Gasteiger charge is -2.12. The Morgan fingerprint density at radius 2 is 1.94 bits per heavy atom. The SMILES string of the molecule is Cc1ccc(/C=C2\CCc3c2nc2ccccc2c3C(=O)OCC(=O)NCCC#N)cc1. The van der Waals surface area contributed by atoms with Crippen molar-refractivity contribution in [2.75, 3.05) is 13.2 Å². The van der Waals surface area contributed by atoms with Gasteiger partial charge in [0, 0.05) is 11.9 Å². The number of benzene rings is 2. The third-order valence-corrected chi connectivity index (χ3v) is 5.46. The van der Waals surface area contributed by atoms with Crippen LogP contribution in [0.4, 0.5) is 0 Å². The molecule has 0 aliphatic heterocycles. The second kappa shape index (κ2) is 9.44. The number of hydrogen-bond acceptors (Lipinski definition) is 5. The lowest BCUT2D eigenvalue weighted by atomic mass is 10.0. The van der Waals surface area contributed by atoms with E-state index in [0.29, 0.717) is 17.5 Å². The van der Waals surface area contributed by atoms with Gasteiger partial charge in [-0.2, -0.15) is 5.26 Å². The Balaban J connectivity index is 1.66. The number of nitriles is 1. The van der Waals surface area contributed by atoms with Crippen molar-refractivity contribution in [3.8, 4) is 6.07 Å². The third-order valence-electron chi connectivity index (χ3n) is 5.46. The van der Waals surface area contributed by atoms with Crippen LogP contribution in [0.1, 0.15) is 45.6 Å².